The average molecular weight is 244 g/mol. The highest BCUT2D eigenvalue weighted by atomic mass is 35.5. The molecule has 16 heavy (non-hydrogen) atoms. The molecule has 0 fully saturated rings. The number of halogens is 2. The molecule has 0 amide bonds. The Morgan fingerprint density at radius 3 is 2.88 bits per heavy atom. The summed E-state index contributed by atoms with van der Waals surface area (Å²) in [5.41, 5.74) is 2.00. The van der Waals surface area contributed by atoms with Crippen molar-refractivity contribution in [2.24, 2.45) is 0 Å². The van der Waals surface area contributed by atoms with Crippen molar-refractivity contribution in [3.63, 3.8) is 0 Å². The van der Waals surface area contributed by atoms with Crippen molar-refractivity contribution < 1.29 is 8.81 Å². The molecule has 2 aromatic rings. The van der Waals surface area contributed by atoms with Crippen LogP contribution in [0.2, 0.25) is 0 Å². The Morgan fingerprint density at radius 2 is 2.19 bits per heavy atom. The zero-order valence-corrected chi connectivity index (χ0v) is 9.89. The van der Waals surface area contributed by atoms with Crippen LogP contribution in [-0.2, 0) is 6.42 Å². The van der Waals surface area contributed by atoms with Crippen LogP contribution in [0, 0.1) is 0 Å². The average Bonchev–Trinajstić information content (AvgIpc) is 2.73. The van der Waals surface area contributed by atoms with E-state index in [4.69, 9.17) is 4.42 Å². The Hall–Kier alpha value is -1.06. The number of rotatable bonds is 4. The fourth-order valence-electron chi connectivity index (χ4n) is 1.66. The van der Waals surface area contributed by atoms with E-state index in [1.807, 2.05) is 24.3 Å². The summed E-state index contributed by atoms with van der Waals surface area (Å²) in [5, 5.41) is 4.01. The van der Waals surface area contributed by atoms with E-state index in [0.29, 0.717) is 6.42 Å². The van der Waals surface area contributed by atoms with Gasteiger partial charge < -0.3 is 9.73 Å². The third-order valence-electron chi connectivity index (χ3n) is 2.59. The van der Waals surface area contributed by atoms with Crippen LogP contribution in [0.5, 0.6) is 0 Å². The molecule has 0 saturated carbocycles. The first-order valence-corrected chi connectivity index (χ1v) is 5.03. The maximum Gasteiger partial charge on any atom is 0.133 e. The number of furan rings is 1. The summed E-state index contributed by atoms with van der Waals surface area (Å²) < 4.78 is 17.8. The number of fused-ring (bicyclic) bond motifs is 1. The number of hydrogen-bond acceptors (Lipinski definition) is 2. The van der Waals surface area contributed by atoms with Crippen LogP contribution in [-0.4, -0.2) is 19.8 Å². The summed E-state index contributed by atoms with van der Waals surface area (Å²) in [5.74, 6) is 0. The minimum atomic E-state index is -0.347. The first-order chi connectivity index (χ1) is 7.33. The topological polar surface area (TPSA) is 25.2 Å². The van der Waals surface area contributed by atoms with Crippen LogP contribution in [0.3, 0.4) is 0 Å². The van der Waals surface area contributed by atoms with E-state index in [1.165, 1.54) is 0 Å². The Bertz CT molecular complexity index is 439. The first-order valence-electron chi connectivity index (χ1n) is 5.03. The van der Waals surface area contributed by atoms with Crippen molar-refractivity contribution in [3.05, 3.63) is 36.1 Å². The second-order valence-corrected chi connectivity index (χ2v) is 3.64. The lowest BCUT2D eigenvalue weighted by Crippen LogP contribution is -2.29. The van der Waals surface area contributed by atoms with Gasteiger partial charge in [0.1, 0.15) is 12.3 Å². The van der Waals surface area contributed by atoms with E-state index in [2.05, 4.69) is 5.32 Å². The van der Waals surface area contributed by atoms with Gasteiger partial charge in [0.15, 0.2) is 0 Å². The molecule has 0 saturated heterocycles. The van der Waals surface area contributed by atoms with Crippen LogP contribution in [0.1, 0.15) is 5.56 Å². The molecule has 0 spiro atoms. The van der Waals surface area contributed by atoms with Crippen molar-refractivity contribution in [1.29, 1.82) is 0 Å². The second-order valence-electron chi connectivity index (χ2n) is 3.64. The quantitative estimate of drug-likeness (QED) is 0.893. The highest BCUT2D eigenvalue weighted by Crippen LogP contribution is 2.17. The number of nitrogens with one attached hydrogen (secondary N) is 1. The highest BCUT2D eigenvalue weighted by molar-refractivity contribution is 5.85. The molecular formula is C12H15ClFNO. The van der Waals surface area contributed by atoms with Crippen molar-refractivity contribution in [2.75, 3.05) is 13.7 Å². The monoisotopic (exact) mass is 243 g/mol. The molecule has 1 heterocycles. The van der Waals surface area contributed by atoms with E-state index >= 15 is 0 Å². The number of alkyl halides is 1. The van der Waals surface area contributed by atoms with Gasteiger partial charge in [-0.15, -0.1) is 12.4 Å². The molecule has 1 unspecified atom stereocenters. The molecule has 0 aliphatic heterocycles. The minimum absolute atomic E-state index is 0. The predicted octanol–water partition coefficient (Wildman–Crippen LogP) is 2.95. The van der Waals surface area contributed by atoms with Gasteiger partial charge in [-0.3, -0.25) is 0 Å². The van der Waals surface area contributed by atoms with E-state index in [-0.39, 0.29) is 25.1 Å². The van der Waals surface area contributed by atoms with Gasteiger partial charge in [-0.05, 0) is 37.2 Å². The zero-order chi connectivity index (χ0) is 10.7. The standard InChI is InChI=1S/C12H14FNO.ClH/c1-14-11(8-13)7-9-2-3-12-10(6-9)4-5-15-12;/h2-6,11,14H,7-8H2,1H3;1H. The van der Waals surface area contributed by atoms with E-state index in [1.54, 1.807) is 13.3 Å². The molecule has 1 aromatic heterocycles. The molecule has 2 nitrogen and oxygen atoms in total. The Kier molecular flexibility index (Phi) is 4.77. The van der Waals surface area contributed by atoms with Crippen LogP contribution >= 0.6 is 12.4 Å². The summed E-state index contributed by atoms with van der Waals surface area (Å²) in [6.07, 6.45) is 2.37. The molecule has 0 aliphatic rings. The zero-order valence-electron chi connectivity index (χ0n) is 9.07. The van der Waals surface area contributed by atoms with Crippen LogP contribution in [0.25, 0.3) is 11.0 Å². The molecule has 88 valence electrons. The first kappa shape index (κ1) is 13.0. The van der Waals surface area contributed by atoms with Crippen LogP contribution in [0.4, 0.5) is 4.39 Å². The summed E-state index contributed by atoms with van der Waals surface area (Å²) in [6, 6.07) is 7.76. The number of benzene rings is 1. The molecular weight excluding hydrogens is 229 g/mol. The molecule has 1 N–H and O–H groups in total. The number of hydrogen-bond donors (Lipinski definition) is 1. The normalized spacial score (nSPS) is 12.4. The van der Waals surface area contributed by atoms with Gasteiger partial charge in [0, 0.05) is 11.4 Å². The van der Waals surface area contributed by atoms with Gasteiger partial charge >= 0.3 is 0 Å². The fourth-order valence-corrected chi connectivity index (χ4v) is 1.66. The predicted molar refractivity (Wildman–Crippen MR) is 66.0 cm³/mol. The smallest absolute Gasteiger partial charge is 0.133 e. The second kappa shape index (κ2) is 5.87. The fraction of sp³-hybridized carbons (Fsp3) is 0.333. The van der Waals surface area contributed by atoms with Crippen molar-refractivity contribution >= 4 is 23.4 Å². The van der Waals surface area contributed by atoms with Gasteiger partial charge in [0.2, 0.25) is 0 Å². The third kappa shape index (κ3) is 2.74. The van der Waals surface area contributed by atoms with E-state index < -0.39 is 0 Å². The Labute approximate surface area is 100 Å². The summed E-state index contributed by atoms with van der Waals surface area (Å²) in [6.45, 7) is -0.347. The maximum absolute atomic E-state index is 12.5. The summed E-state index contributed by atoms with van der Waals surface area (Å²) in [4.78, 5) is 0. The Balaban J connectivity index is 0.00000128. The molecule has 2 rings (SSSR count). The lowest BCUT2D eigenvalue weighted by molar-refractivity contribution is 0.389. The lowest BCUT2D eigenvalue weighted by Gasteiger charge is -2.11. The molecule has 4 heteroatoms. The van der Waals surface area contributed by atoms with Gasteiger partial charge in [0.05, 0.1) is 6.26 Å². The SMILES string of the molecule is CNC(CF)Cc1ccc2occc2c1.Cl. The Morgan fingerprint density at radius 1 is 1.38 bits per heavy atom. The van der Waals surface area contributed by atoms with Gasteiger partial charge in [-0.1, -0.05) is 6.07 Å². The minimum Gasteiger partial charge on any atom is -0.464 e. The van der Waals surface area contributed by atoms with Gasteiger partial charge in [-0.25, -0.2) is 4.39 Å². The molecule has 1 atom stereocenters. The van der Waals surface area contributed by atoms with Crippen molar-refractivity contribution in [1.82, 2.24) is 5.32 Å². The van der Waals surface area contributed by atoms with E-state index in [0.717, 1.165) is 16.5 Å². The largest absolute Gasteiger partial charge is 0.464 e. The molecule has 0 radical (unpaired) electrons. The molecule has 1 aromatic carbocycles. The van der Waals surface area contributed by atoms with Gasteiger partial charge in [0.25, 0.3) is 0 Å². The maximum atomic E-state index is 12.5. The van der Waals surface area contributed by atoms with Crippen LogP contribution in [0.15, 0.2) is 34.9 Å². The van der Waals surface area contributed by atoms with Crippen molar-refractivity contribution in [3.8, 4) is 0 Å². The lowest BCUT2D eigenvalue weighted by atomic mass is 10.1. The van der Waals surface area contributed by atoms with E-state index in [9.17, 15) is 4.39 Å². The molecule has 0 bridgehead atoms. The van der Waals surface area contributed by atoms with Crippen molar-refractivity contribution in [2.45, 2.75) is 12.5 Å². The van der Waals surface area contributed by atoms with Gasteiger partial charge in [-0.2, -0.15) is 0 Å². The molecule has 0 aliphatic carbocycles. The van der Waals surface area contributed by atoms with Crippen LogP contribution < -0.4 is 5.32 Å². The number of likely N-dealkylation sites (N-methyl/N-ethyl adjacent to an activating group) is 1. The summed E-state index contributed by atoms with van der Waals surface area (Å²) >= 11 is 0. The highest BCUT2D eigenvalue weighted by Gasteiger charge is 2.07. The third-order valence-corrected chi connectivity index (χ3v) is 2.59. The summed E-state index contributed by atoms with van der Waals surface area (Å²) in [7, 11) is 1.78.